The number of hydrazine groups is 1. The van der Waals surface area contributed by atoms with Gasteiger partial charge in [0.05, 0.1) is 30.8 Å². The Balaban J connectivity index is 1.84. The molecule has 0 aliphatic heterocycles. The number of hydrogen-bond donors (Lipinski definition) is 2. The van der Waals surface area contributed by atoms with Crippen LogP contribution in [0.3, 0.4) is 0 Å². The molecule has 0 bridgehead atoms. The Kier molecular flexibility index (Phi) is 7.43. The molecule has 0 aliphatic carbocycles. The van der Waals surface area contributed by atoms with Crippen LogP contribution in [0.2, 0.25) is 5.28 Å². The Morgan fingerprint density at radius 2 is 2.00 bits per heavy atom. The maximum Gasteiger partial charge on any atom is 0.305 e. The first-order valence-electron chi connectivity index (χ1n) is 8.22. The molecule has 1 heterocycles. The van der Waals surface area contributed by atoms with E-state index in [2.05, 4.69) is 9.97 Å². The van der Waals surface area contributed by atoms with Crippen molar-refractivity contribution in [2.75, 3.05) is 24.0 Å². The highest BCUT2D eigenvalue weighted by Gasteiger charge is 2.12. The molecular weight excluding hydrogens is 358 g/mol. The predicted octanol–water partition coefficient (Wildman–Crippen LogP) is 2.84. The third kappa shape index (κ3) is 5.75. The first-order valence-corrected chi connectivity index (χ1v) is 8.60. The molecule has 1 aromatic heterocycles. The third-order valence-corrected chi connectivity index (χ3v) is 3.64. The van der Waals surface area contributed by atoms with Crippen LogP contribution in [0.15, 0.2) is 30.5 Å². The van der Waals surface area contributed by atoms with Crippen LogP contribution in [0, 0.1) is 0 Å². The van der Waals surface area contributed by atoms with E-state index >= 15 is 0 Å². The molecule has 1 aromatic carbocycles. The van der Waals surface area contributed by atoms with Crippen LogP contribution in [0.4, 0.5) is 17.2 Å². The van der Waals surface area contributed by atoms with E-state index in [4.69, 9.17) is 32.7 Å². The first kappa shape index (κ1) is 19.7. The second-order valence-electron chi connectivity index (χ2n) is 5.39. The average Bonchev–Trinajstić information content (AvgIpc) is 2.63. The lowest BCUT2D eigenvalue weighted by atomic mass is 10.2. The minimum absolute atomic E-state index is 0.0624. The summed E-state index contributed by atoms with van der Waals surface area (Å²) in [5, 5.41) is 1.39. The van der Waals surface area contributed by atoms with E-state index in [9.17, 15) is 4.79 Å². The largest absolute Gasteiger partial charge is 0.494 e. The summed E-state index contributed by atoms with van der Waals surface area (Å²) < 4.78 is 10.5. The van der Waals surface area contributed by atoms with E-state index < -0.39 is 0 Å². The van der Waals surface area contributed by atoms with Gasteiger partial charge >= 0.3 is 5.97 Å². The molecule has 0 saturated heterocycles. The smallest absolute Gasteiger partial charge is 0.305 e. The summed E-state index contributed by atoms with van der Waals surface area (Å²) in [6, 6.07) is 7.14. The molecule has 0 radical (unpaired) electrons. The molecule has 4 N–H and O–H groups in total. The van der Waals surface area contributed by atoms with Gasteiger partial charge in [0.25, 0.3) is 0 Å². The number of carbonyl (C=O) groups excluding carboxylic acids is 1. The summed E-state index contributed by atoms with van der Waals surface area (Å²) in [7, 11) is 0. The van der Waals surface area contributed by atoms with Crippen LogP contribution in [0.5, 0.6) is 5.75 Å². The summed E-state index contributed by atoms with van der Waals surface area (Å²) in [6.07, 6.45) is 3.29. The summed E-state index contributed by atoms with van der Waals surface area (Å²) in [5.41, 5.74) is 6.82. The molecule has 0 fully saturated rings. The van der Waals surface area contributed by atoms with Crippen molar-refractivity contribution in [2.24, 2.45) is 5.84 Å². The van der Waals surface area contributed by atoms with Crippen LogP contribution in [-0.4, -0.2) is 29.2 Å². The lowest BCUT2D eigenvalue weighted by Crippen LogP contribution is -2.27. The van der Waals surface area contributed by atoms with E-state index in [0.717, 1.165) is 12.8 Å². The van der Waals surface area contributed by atoms with Crippen molar-refractivity contribution < 1.29 is 14.3 Å². The van der Waals surface area contributed by atoms with Gasteiger partial charge in [-0.15, -0.1) is 0 Å². The minimum atomic E-state index is -0.177. The molecule has 2 aromatic rings. The number of esters is 1. The predicted molar refractivity (Wildman–Crippen MR) is 100 cm³/mol. The Hall–Kier alpha value is -2.58. The summed E-state index contributed by atoms with van der Waals surface area (Å²) in [4.78, 5) is 19.1. The SMILES string of the molecule is CCOC(=O)CCCCOc1ccc(N(N)c2nc(Cl)ncc2N)cc1. The number of halogens is 1. The van der Waals surface area contributed by atoms with Crippen LogP contribution in [-0.2, 0) is 9.53 Å². The summed E-state index contributed by atoms with van der Waals surface area (Å²) in [5.74, 6) is 6.89. The first-order chi connectivity index (χ1) is 12.5. The van der Waals surface area contributed by atoms with Gasteiger partial charge in [-0.2, -0.15) is 4.98 Å². The van der Waals surface area contributed by atoms with E-state index in [1.165, 1.54) is 11.2 Å². The molecule has 0 atom stereocenters. The summed E-state index contributed by atoms with van der Waals surface area (Å²) in [6.45, 7) is 2.72. The van der Waals surface area contributed by atoms with Gasteiger partial charge in [-0.1, -0.05) is 0 Å². The van der Waals surface area contributed by atoms with Gasteiger partial charge in [0, 0.05) is 6.42 Å². The van der Waals surface area contributed by atoms with E-state index in [0.29, 0.717) is 42.6 Å². The van der Waals surface area contributed by atoms with Crippen molar-refractivity contribution in [3.8, 4) is 5.75 Å². The third-order valence-electron chi connectivity index (χ3n) is 3.46. The topological polar surface area (TPSA) is 117 Å². The molecule has 0 amide bonds. The normalized spacial score (nSPS) is 10.4. The number of anilines is 3. The number of hydrogen-bond acceptors (Lipinski definition) is 8. The lowest BCUT2D eigenvalue weighted by molar-refractivity contribution is -0.143. The van der Waals surface area contributed by atoms with E-state index in [-0.39, 0.29) is 11.3 Å². The second-order valence-corrected chi connectivity index (χ2v) is 5.73. The Morgan fingerprint density at radius 1 is 1.27 bits per heavy atom. The number of aromatic nitrogens is 2. The van der Waals surface area contributed by atoms with Crippen LogP contribution in [0.1, 0.15) is 26.2 Å². The molecule has 26 heavy (non-hydrogen) atoms. The highest BCUT2D eigenvalue weighted by Crippen LogP contribution is 2.27. The zero-order chi connectivity index (χ0) is 18.9. The number of ether oxygens (including phenoxy) is 2. The molecule has 0 saturated carbocycles. The van der Waals surface area contributed by atoms with Crippen molar-refractivity contribution in [1.82, 2.24) is 9.97 Å². The molecule has 0 unspecified atom stereocenters. The number of unbranched alkanes of at least 4 members (excludes halogenated alkanes) is 1. The molecular formula is C17H22ClN5O3. The molecule has 2 rings (SSSR count). The monoisotopic (exact) mass is 379 g/mol. The van der Waals surface area contributed by atoms with Crippen molar-refractivity contribution in [3.05, 3.63) is 35.7 Å². The average molecular weight is 380 g/mol. The van der Waals surface area contributed by atoms with E-state index in [1.54, 1.807) is 31.2 Å². The standard InChI is InChI=1S/C17H22ClN5O3/c1-2-25-15(24)5-3-4-10-26-13-8-6-12(7-9-13)23(20)16-14(19)11-21-17(18)22-16/h6-9,11H,2-5,10,19-20H2,1H3. The van der Waals surface area contributed by atoms with Gasteiger partial charge in [-0.3, -0.25) is 9.80 Å². The highest BCUT2D eigenvalue weighted by atomic mass is 35.5. The fraction of sp³-hybridized carbons (Fsp3) is 0.353. The molecule has 0 spiro atoms. The van der Waals surface area contributed by atoms with Gasteiger partial charge in [0.1, 0.15) is 5.75 Å². The number of nitrogens with two attached hydrogens (primary N) is 2. The van der Waals surface area contributed by atoms with Crippen LogP contribution in [0.25, 0.3) is 0 Å². The molecule has 140 valence electrons. The van der Waals surface area contributed by atoms with Gasteiger partial charge in [0.2, 0.25) is 5.28 Å². The molecule has 0 aliphatic rings. The Morgan fingerprint density at radius 3 is 2.69 bits per heavy atom. The fourth-order valence-corrected chi connectivity index (χ4v) is 2.30. The van der Waals surface area contributed by atoms with Crippen molar-refractivity contribution >= 4 is 34.8 Å². The van der Waals surface area contributed by atoms with Crippen LogP contribution < -0.4 is 21.3 Å². The maximum absolute atomic E-state index is 11.2. The second kappa shape index (κ2) is 9.79. The number of benzene rings is 1. The Bertz CT molecular complexity index is 727. The zero-order valence-electron chi connectivity index (χ0n) is 14.5. The van der Waals surface area contributed by atoms with Crippen molar-refractivity contribution in [2.45, 2.75) is 26.2 Å². The summed E-state index contributed by atoms with van der Waals surface area (Å²) >= 11 is 5.78. The number of nitrogen functional groups attached to an aromatic ring is 1. The van der Waals surface area contributed by atoms with Crippen molar-refractivity contribution in [1.29, 1.82) is 0 Å². The van der Waals surface area contributed by atoms with E-state index in [1.807, 2.05) is 0 Å². The number of carbonyl (C=O) groups is 1. The molecule has 9 heteroatoms. The number of rotatable bonds is 9. The van der Waals surface area contributed by atoms with Gasteiger partial charge < -0.3 is 15.2 Å². The molecule has 8 nitrogen and oxygen atoms in total. The quantitative estimate of drug-likeness (QED) is 0.224. The highest BCUT2D eigenvalue weighted by molar-refractivity contribution is 6.28. The fourth-order valence-electron chi connectivity index (χ4n) is 2.17. The maximum atomic E-state index is 11.2. The van der Waals surface area contributed by atoms with Gasteiger partial charge in [-0.25, -0.2) is 10.8 Å². The number of nitrogens with zero attached hydrogens (tertiary/aromatic N) is 3. The van der Waals surface area contributed by atoms with Crippen molar-refractivity contribution in [3.63, 3.8) is 0 Å². The van der Waals surface area contributed by atoms with Gasteiger partial charge in [-0.05, 0) is 55.6 Å². The zero-order valence-corrected chi connectivity index (χ0v) is 15.3. The van der Waals surface area contributed by atoms with Gasteiger partial charge in [0.15, 0.2) is 5.82 Å². The lowest BCUT2D eigenvalue weighted by Gasteiger charge is -2.19. The Labute approximate surface area is 157 Å². The minimum Gasteiger partial charge on any atom is -0.494 e. The van der Waals surface area contributed by atoms with Crippen LogP contribution >= 0.6 is 11.6 Å².